The third-order valence-corrected chi connectivity index (χ3v) is 3.82. The van der Waals surface area contributed by atoms with Gasteiger partial charge in [-0.05, 0) is 30.5 Å². The highest BCUT2D eigenvalue weighted by Gasteiger charge is 2.24. The Morgan fingerprint density at radius 1 is 1.35 bits per heavy atom. The predicted molar refractivity (Wildman–Crippen MR) is 88.8 cm³/mol. The fourth-order valence-electron chi connectivity index (χ4n) is 2.71. The summed E-state index contributed by atoms with van der Waals surface area (Å²) in [7, 11) is 1.64. The maximum Gasteiger partial charge on any atom is 0.277 e. The van der Waals surface area contributed by atoms with E-state index in [1.807, 2.05) is 18.2 Å². The van der Waals surface area contributed by atoms with Gasteiger partial charge in [-0.1, -0.05) is 18.2 Å². The van der Waals surface area contributed by atoms with Gasteiger partial charge in [0.05, 0.1) is 6.61 Å². The lowest BCUT2D eigenvalue weighted by Crippen LogP contribution is -2.36. The van der Waals surface area contributed by atoms with Gasteiger partial charge in [-0.25, -0.2) is 9.97 Å². The van der Waals surface area contributed by atoms with Crippen LogP contribution in [0, 0.1) is 0 Å². The highest BCUT2D eigenvalue weighted by atomic mass is 16.5. The van der Waals surface area contributed by atoms with E-state index in [1.165, 1.54) is 5.56 Å². The number of aromatic nitrogens is 2. The molecule has 2 aromatic rings. The van der Waals surface area contributed by atoms with Crippen LogP contribution >= 0.6 is 0 Å². The molecule has 2 heterocycles. The lowest BCUT2D eigenvalue weighted by atomic mass is 10.0. The minimum absolute atomic E-state index is 0.0886. The van der Waals surface area contributed by atoms with Gasteiger partial charge < -0.3 is 15.0 Å². The first-order chi connectivity index (χ1) is 11.3. The molecule has 0 spiro atoms. The van der Waals surface area contributed by atoms with Crippen molar-refractivity contribution in [2.24, 2.45) is 0 Å². The van der Waals surface area contributed by atoms with Crippen LogP contribution in [-0.4, -0.2) is 42.7 Å². The molecular weight excluding hydrogens is 292 g/mol. The smallest absolute Gasteiger partial charge is 0.277 e. The molecule has 1 N–H and O–H groups in total. The van der Waals surface area contributed by atoms with Gasteiger partial charge in [0, 0.05) is 32.1 Å². The predicted octanol–water partition coefficient (Wildman–Crippen LogP) is 2.13. The summed E-state index contributed by atoms with van der Waals surface area (Å²) in [5, 5.41) is 3.04. The fourth-order valence-corrected chi connectivity index (χ4v) is 2.71. The number of nitrogens with zero attached hydrogens (tertiary/aromatic N) is 3. The van der Waals surface area contributed by atoms with Gasteiger partial charge in [-0.15, -0.1) is 0 Å². The number of para-hydroxylation sites is 1. The van der Waals surface area contributed by atoms with E-state index in [0.29, 0.717) is 31.3 Å². The largest absolute Gasteiger partial charge is 0.383 e. The minimum Gasteiger partial charge on any atom is -0.383 e. The number of rotatable bonds is 5. The van der Waals surface area contributed by atoms with Crippen molar-refractivity contribution in [3.8, 4) is 0 Å². The van der Waals surface area contributed by atoms with Crippen LogP contribution in [0.4, 0.5) is 11.6 Å². The van der Waals surface area contributed by atoms with E-state index in [4.69, 9.17) is 4.74 Å². The number of amides is 1. The number of methoxy groups -OCH3 is 1. The topological polar surface area (TPSA) is 67.3 Å². The summed E-state index contributed by atoms with van der Waals surface area (Å²) < 4.78 is 4.98. The van der Waals surface area contributed by atoms with Gasteiger partial charge in [-0.2, -0.15) is 0 Å². The van der Waals surface area contributed by atoms with Crippen molar-refractivity contribution in [2.45, 2.75) is 12.8 Å². The summed E-state index contributed by atoms with van der Waals surface area (Å²) in [6, 6.07) is 9.69. The molecule has 1 aliphatic rings. The molecule has 0 saturated heterocycles. The van der Waals surface area contributed by atoms with Gasteiger partial charge in [0.2, 0.25) is 5.95 Å². The maximum absolute atomic E-state index is 12.8. The van der Waals surface area contributed by atoms with Crippen molar-refractivity contribution in [1.82, 2.24) is 9.97 Å². The van der Waals surface area contributed by atoms with E-state index in [0.717, 1.165) is 18.5 Å². The summed E-state index contributed by atoms with van der Waals surface area (Å²) in [5.74, 6) is 0.354. The standard InChI is InChI=1S/C17H20N4O2/c1-23-12-10-19-17-18-9-8-14(20-17)16(22)21-11-4-6-13-5-2-3-7-15(13)21/h2-3,5,7-9H,4,6,10-12H2,1H3,(H,18,19,20). The molecule has 3 rings (SSSR count). The summed E-state index contributed by atoms with van der Waals surface area (Å²) in [6.45, 7) is 1.87. The number of carbonyl (C=O) groups excluding carboxylic acids is 1. The summed E-state index contributed by atoms with van der Waals surface area (Å²) in [5.41, 5.74) is 2.59. The number of carbonyl (C=O) groups is 1. The average Bonchev–Trinajstić information content (AvgIpc) is 2.61. The molecule has 120 valence electrons. The number of hydrogen-bond donors (Lipinski definition) is 1. The van der Waals surface area contributed by atoms with Crippen molar-refractivity contribution in [3.05, 3.63) is 47.8 Å². The average molecular weight is 312 g/mol. The minimum atomic E-state index is -0.0886. The first kappa shape index (κ1) is 15.4. The van der Waals surface area contributed by atoms with Crippen molar-refractivity contribution in [3.63, 3.8) is 0 Å². The number of anilines is 2. The van der Waals surface area contributed by atoms with Gasteiger partial charge in [-0.3, -0.25) is 4.79 Å². The van der Waals surface area contributed by atoms with Crippen LogP contribution in [0.2, 0.25) is 0 Å². The van der Waals surface area contributed by atoms with Gasteiger partial charge in [0.25, 0.3) is 5.91 Å². The molecule has 0 aliphatic carbocycles. The Morgan fingerprint density at radius 2 is 2.22 bits per heavy atom. The number of ether oxygens (including phenoxy) is 1. The lowest BCUT2D eigenvalue weighted by molar-refractivity contribution is 0.0980. The van der Waals surface area contributed by atoms with E-state index < -0.39 is 0 Å². The Morgan fingerprint density at radius 3 is 3.09 bits per heavy atom. The quantitative estimate of drug-likeness (QED) is 0.857. The monoisotopic (exact) mass is 312 g/mol. The molecule has 1 aromatic carbocycles. The number of nitrogens with one attached hydrogen (secondary N) is 1. The molecule has 0 atom stereocenters. The molecule has 0 fully saturated rings. The van der Waals surface area contributed by atoms with Crippen LogP contribution in [0.25, 0.3) is 0 Å². The van der Waals surface area contributed by atoms with Crippen LogP contribution in [-0.2, 0) is 11.2 Å². The SMILES string of the molecule is COCCNc1nccc(C(=O)N2CCCc3ccccc32)n1. The third-order valence-electron chi connectivity index (χ3n) is 3.82. The van der Waals surface area contributed by atoms with Crippen LogP contribution in [0.1, 0.15) is 22.5 Å². The zero-order valence-corrected chi connectivity index (χ0v) is 13.2. The molecule has 23 heavy (non-hydrogen) atoms. The molecule has 6 heteroatoms. The second-order valence-electron chi connectivity index (χ2n) is 5.37. The Bertz CT molecular complexity index is 690. The van der Waals surface area contributed by atoms with Crippen molar-refractivity contribution in [2.75, 3.05) is 37.0 Å². The normalized spacial score (nSPS) is 13.5. The number of hydrogen-bond acceptors (Lipinski definition) is 5. The highest BCUT2D eigenvalue weighted by molar-refractivity contribution is 6.05. The molecule has 6 nitrogen and oxygen atoms in total. The van der Waals surface area contributed by atoms with E-state index in [-0.39, 0.29) is 5.91 Å². The first-order valence-corrected chi connectivity index (χ1v) is 7.75. The molecule has 0 bridgehead atoms. The molecular formula is C17H20N4O2. The van der Waals surface area contributed by atoms with Crippen LogP contribution < -0.4 is 10.2 Å². The summed E-state index contributed by atoms with van der Waals surface area (Å²) in [6.07, 6.45) is 3.57. The highest BCUT2D eigenvalue weighted by Crippen LogP contribution is 2.27. The first-order valence-electron chi connectivity index (χ1n) is 7.75. The number of fused-ring (bicyclic) bond motifs is 1. The molecule has 1 aliphatic heterocycles. The fraction of sp³-hybridized carbons (Fsp3) is 0.353. The van der Waals surface area contributed by atoms with Crippen LogP contribution in [0.3, 0.4) is 0 Å². The maximum atomic E-state index is 12.8. The van der Waals surface area contributed by atoms with Gasteiger partial charge in [0.1, 0.15) is 5.69 Å². The molecule has 0 unspecified atom stereocenters. The Labute approximate surface area is 135 Å². The Kier molecular flexibility index (Phi) is 4.83. The van der Waals surface area contributed by atoms with E-state index >= 15 is 0 Å². The van der Waals surface area contributed by atoms with E-state index in [2.05, 4.69) is 21.4 Å². The Hall–Kier alpha value is -2.47. The second kappa shape index (κ2) is 7.19. The second-order valence-corrected chi connectivity index (χ2v) is 5.37. The van der Waals surface area contributed by atoms with Crippen molar-refractivity contribution >= 4 is 17.5 Å². The molecule has 0 radical (unpaired) electrons. The molecule has 0 saturated carbocycles. The number of benzene rings is 1. The zero-order valence-electron chi connectivity index (χ0n) is 13.2. The lowest BCUT2D eigenvalue weighted by Gasteiger charge is -2.29. The molecule has 1 amide bonds. The van der Waals surface area contributed by atoms with E-state index in [9.17, 15) is 4.79 Å². The molecule has 1 aromatic heterocycles. The third kappa shape index (κ3) is 3.48. The van der Waals surface area contributed by atoms with E-state index in [1.54, 1.807) is 24.3 Å². The van der Waals surface area contributed by atoms with Crippen molar-refractivity contribution in [1.29, 1.82) is 0 Å². The Balaban J connectivity index is 1.80. The van der Waals surface area contributed by atoms with Crippen LogP contribution in [0.15, 0.2) is 36.5 Å². The van der Waals surface area contributed by atoms with Gasteiger partial charge >= 0.3 is 0 Å². The van der Waals surface area contributed by atoms with Crippen molar-refractivity contribution < 1.29 is 9.53 Å². The summed E-state index contributed by atoms with van der Waals surface area (Å²) in [4.78, 5) is 23.1. The number of aryl methyl sites for hydroxylation is 1. The zero-order chi connectivity index (χ0) is 16.1. The van der Waals surface area contributed by atoms with Crippen LogP contribution in [0.5, 0.6) is 0 Å². The summed E-state index contributed by atoms with van der Waals surface area (Å²) >= 11 is 0. The van der Waals surface area contributed by atoms with Gasteiger partial charge in [0.15, 0.2) is 0 Å².